The first-order chi connectivity index (χ1) is 13.4. The molecule has 0 radical (unpaired) electrons. The van der Waals surface area contributed by atoms with Gasteiger partial charge in [-0.15, -0.1) is 11.3 Å². The lowest BCUT2D eigenvalue weighted by atomic mass is 10.1. The smallest absolute Gasteiger partial charge is 0.341 e. The van der Waals surface area contributed by atoms with Gasteiger partial charge in [-0.2, -0.15) is 5.26 Å². The number of carbonyl (C=O) groups is 2. The summed E-state index contributed by atoms with van der Waals surface area (Å²) >= 11 is 1.28. The molecule has 28 heavy (non-hydrogen) atoms. The van der Waals surface area contributed by atoms with Gasteiger partial charge in [0.1, 0.15) is 22.4 Å². The molecule has 146 valence electrons. The number of carbonyl (C=O) groups excluding carboxylic acids is 2. The van der Waals surface area contributed by atoms with E-state index in [-0.39, 0.29) is 12.2 Å². The molecule has 2 rings (SSSR count). The van der Waals surface area contributed by atoms with Crippen LogP contribution in [0.25, 0.3) is 6.08 Å². The molecular weight excluding hydrogens is 376 g/mol. The summed E-state index contributed by atoms with van der Waals surface area (Å²) < 4.78 is 10.5. The maximum atomic E-state index is 12.6. The predicted octanol–water partition coefficient (Wildman–Crippen LogP) is 4.49. The average molecular weight is 398 g/mol. The van der Waals surface area contributed by atoms with Gasteiger partial charge < -0.3 is 14.8 Å². The van der Waals surface area contributed by atoms with Gasteiger partial charge >= 0.3 is 5.97 Å². The van der Waals surface area contributed by atoms with E-state index < -0.39 is 11.9 Å². The Bertz CT molecular complexity index is 937. The van der Waals surface area contributed by atoms with E-state index in [9.17, 15) is 14.9 Å². The largest absolute Gasteiger partial charge is 0.494 e. The van der Waals surface area contributed by atoms with E-state index in [0.717, 1.165) is 10.4 Å². The van der Waals surface area contributed by atoms with Crippen LogP contribution in [0, 0.1) is 25.2 Å². The molecule has 0 unspecified atom stereocenters. The zero-order chi connectivity index (χ0) is 20.7. The number of rotatable bonds is 7. The van der Waals surface area contributed by atoms with E-state index >= 15 is 0 Å². The van der Waals surface area contributed by atoms with Gasteiger partial charge in [-0.3, -0.25) is 4.79 Å². The molecule has 0 atom stereocenters. The van der Waals surface area contributed by atoms with E-state index in [1.807, 2.05) is 19.9 Å². The van der Waals surface area contributed by atoms with Crippen LogP contribution in [0.3, 0.4) is 0 Å². The number of thiophene rings is 1. The molecule has 0 saturated heterocycles. The Morgan fingerprint density at radius 1 is 1.18 bits per heavy atom. The number of nitriles is 1. The third-order valence-corrected chi connectivity index (χ3v) is 5.08. The van der Waals surface area contributed by atoms with Gasteiger partial charge in [0.2, 0.25) is 0 Å². The molecule has 6 nitrogen and oxygen atoms in total. The van der Waals surface area contributed by atoms with Gasteiger partial charge in [0.15, 0.2) is 0 Å². The summed E-state index contributed by atoms with van der Waals surface area (Å²) in [5.74, 6) is -0.358. The van der Waals surface area contributed by atoms with Crippen molar-refractivity contribution in [3.05, 3.63) is 51.4 Å². The summed E-state index contributed by atoms with van der Waals surface area (Å²) in [6.07, 6.45) is 1.49. The van der Waals surface area contributed by atoms with E-state index in [4.69, 9.17) is 9.47 Å². The minimum Gasteiger partial charge on any atom is -0.494 e. The summed E-state index contributed by atoms with van der Waals surface area (Å²) in [7, 11) is 0. The second kappa shape index (κ2) is 9.72. The lowest BCUT2D eigenvalue weighted by Crippen LogP contribution is -2.16. The molecule has 1 amide bonds. The summed E-state index contributed by atoms with van der Waals surface area (Å²) in [6, 6.07) is 8.98. The summed E-state index contributed by atoms with van der Waals surface area (Å²) in [4.78, 5) is 25.7. The Morgan fingerprint density at radius 2 is 1.86 bits per heavy atom. The van der Waals surface area contributed by atoms with Crippen molar-refractivity contribution < 1.29 is 19.1 Å². The Morgan fingerprint density at radius 3 is 2.43 bits per heavy atom. The van der Waals surface area contributed by atoms with Crippen LogP contribution in [0.15, 0.2) is 29.8 Å². The summed E-state index contributed by atoms with van der Waals surface area (Å²) in [5.41, 5.74) is 1.71. The van der Waals surface area contributed by atoms with E-state index in [1.165, 1.54) is 17.4 Å². The van der Waals surface area contributed by atoms with E-state index in [1.54, 1.807) is 38.1 Å². The Labute approximate surface area is 168 Å². The van der Waals surface area contributed by atoms with Crippen LogP contribution in [0.5, 0.6) is 5.75 Å². The number of nitrogens with zero attached hydrogens (tertiary/aromatic N) is 1. The fourth-order valence-corrected chi connectivity index (χ4v) is 3.52. The molecule has 1 N–H and O–H groups in total. The fourth-order valence-electron chi connectivity index (χ4n) is 2.48. The third-order valence-electron chi connectivity index (χ3n) is 3.96. The monoisotopic (exact) mass is 398 g/mol. The van der Waals surface area contributed by atoms with Crippen molar-refractivity contribution in [2.24, 2.45) is 0 Å². The van der Waals surface area contributed by atoms with Crippen molar-refractivity contribution in [1.82, 2.24) is 0 Å². The van der Waals surface area contributed by atoms with Crippen LogP contribution < -0.4 is 10.1 Å². The van der Waals surface area contributed by atoms with E-state index in [0.29, 0.717) is 28.5 Å². The van der Waals surface area contributed by atoms with Gasteiger partial charge in [-0.25, -0.2) is 4.79 Å². The molecule has 0 aliphatic rings. The third kappa shape index (κ3) is 4.99. The highest BCUT2D eigenvalue weighted by Crippen LogP contribution is 2.33. The van der Waals surface area contributed by atoms with Crippen LogP contribution in [-0.4, -0.2) is 25.1 Å². The van der Waals surface area contributed by atoms with Crippen LogP contribution >= 0.6 is 11.3 Å². The molecule has 0 aliphatic carbocycles. The molecule has 7 heteroatoms. The molecule has 1 heterocycles. The highest BCUT2D eigenvalue weighted by molar-refractivity contribution is 7.16. The number of benzene rings is 1. The number of amides is 1. The van der Waals surface area contributed by atoms with Crippen LogP contribution in [-0.2, 0) is 9.53 Å². The Balaban J connectivity index is 2.26. The van der Waals surface area contributed by atoms with Crippen molar-refractivity contribution in [2.75, 3.05) is 18.5 Å². The highest BCUT2D eigenvalue weighted by Gasteiger charge is 2.23. The van der Waals surface area contributed by atoms with Crippen molar-refractivity contribution >= 4 is 34.3 Å². The Hall–Kier alpha value is -3.11. The van der Waals surface area contributed by atoms with Crippen LogP contribution in [0.2, 0.25) is 0 Å². The molecule has 1 aromatic carbocycles. The van der Waals surface area contributed by atoms with Crippen molar-refractivity contribution in [3.8, 4) is 11.8 Å². The molecule has 0 spiro atoms. The number of anilines is 1. The second-order valence-electron chi connectivity index (χ2n) is 5.83. The summed E-state index contributed by atoms with van der Waals surface area (Å²) in [5, 5.41) is 12.5. The average Bonchev–Trinajstić information content (AvgIpc) is 2.94. The number of ether oxygens (including phenoxy) is 2. The van der Waals surface area contributed by atoms with Gasteiger partial charge in [0, 0.05) is 4.88 Å². The standard InChI is InChI=1S/C21H22N2O4S/c1-5-26-17-9-7-15(8-10-17)11-16(12-22)19(24)23-20-18(21(25)27-6-2)13(3)14(4)28-20/h7-11H,5-6H2,1-4H3,(H,23,24). The fraction of sp³-hybridized carbons (Fsp3) is 0.286. The number of esters is 1. The van der Waals surface area contributed by atoms with Crippen molar-refractivity contribution in [2.45, 2.75) is 27.7 Å². The predicted molar refractivity (Wildman–Crippen MR) is 110 cm³/mol. The normalized spacial score (nSPS) is 10.9. The first-order valence-corrected chi connectivity index (χ1v) is 9.66. The summed E-state index contributed by atoms with van der Waals surface area (Å²) in [6.45, 7) is 8.07. The first kappa shape index (κ1) is 21.2. The lowest BCUT2D eigenvalue weighted by Gasteiger charge is -2.07. The van der Waals surface area contributed by atoms with Gasteiger partial charge in [0.05, 0.1) is 18.8 Å². The molecule has 0 aliphatic heterocycles. The number of hydrogen-bond acceptors (Lipinski definition) is 6. The zero-order valence-corrected chi connectivity index (χ0v) is 17.1. The molecule has 1 aromatic heterocycles. The molecule has 0 fully saturated rings. The number of aryl methyl sites for hydroxylation is 1. The molecule has 0 bridgehead atoms. The van der Waals surface area contributed by atoms with Gasteiger partial charge in [0.25, 0.3) is 5.91 Å². The molecular formula is C21H22N2O4S. The van der Waals surface area contributed by atoms with Crippen molar-refractivity contribution in [1.29, 1.82) is 5.26 Å². The molecule has 0 saturated carbocycles. The first-order valence-electron chi connectivity index (χ1n) is 8.84. The SMILES string of the molecule is CCOC(=O)c1c(NC(=O)C(C#N)=Cc2ccc(OCC)cc2)sc(C)c1C. The maximum absolute atomic E-state index is 12.6. The lowest BCUT2D eigenvalue weighted by molar-refractivity contribution is -0.112. The number of hydrogen-bond donors (Lipinski definition) is 1. The van der Waals surface area contributed by atoms with E-state index in [2.05, 4.69) is 5.32 Å². The van der Waals surface area contributed by atoms with Gasteiger partial charge in [-0.05, 0) is 57.0 Å². The second-order valence-corrected chi connectivity index (χ2v) is 7.06. The van der Waals surface area contributed by atoms with Crippen LogP contribution in [0.4, 0.5) is 5.00 Å². The highest BCUT2D eigenvalue weighted by atomic mass is 32.1. The van der Waals surface area contributed by atoms with Crippen LogP contribution in [0.1, 0.15) is 40.2 Å². The topological polar surface area (TPSA) is 88.4 Å². The van der Waals surface area contributed by atoms with Gasteiger partial charge in [-0.1, -0.05) is 12.1 Å². The quantitative estimate of drug-likeness (QED) is 0.422. The zero-order valence-electron chi connectivity index (χ0n) is 16.3. The minimum absolute atomic E-state index is 0.0670. The van der Waals surface area contributed by atoms with Crippen molar-refractivity contribution in [3.63, 3.8) is 0 Å². The molecule has 2 aromatic rings. The minimum atomic E-state index is -0.580. The number of nitrogens with one attached hydrogen (secondary N) is 1. The Kier molecular flexibility index (Phi) is 7.36. The maximum Gasteiger partial charge on any atom is 0.341 e.